The predicted octanol–water partition coefficient (Wildman–Crippen LogP) is 8.63. The largest absolute Gasteiger partial charge is 0.328 e. The minimum Gasteiger partial charge on any atom is -0.328 e. The molecule has 1 aliphatic heterocycles. The van der Waals surface area contributed by atoms with E-state index < -0.39 is 0 Å². The molecule has 0 saturated carbocycles. The van der Waals surface area contributed by atoms with Gasteiger partial charge in [0.15, 0.2) is 0 Å². The summed E-state index contributed by atoms with van der Waals surface area (Å²) in [5.74, 6) is 0. The van der Waals surface area contributed by atoms with Crippen molar-refractivity contribution in [3.05, 3.63) is 71.1 Å². The second kappa shape index (κ2) is 8.22. The van der Waals surface area contributed by atoms with Gasteiger partial charge >= 0.3 is 0 Å². The average molecular weight is 447 g/mol. The Balaban J connectivity index is 2.07. The van der Waals surface area contributed by atoms with Crippen LogP contribution in [0.3, 0.4) is 0 Å². The summed E-state index contributed by atoms with van der Waals surface area (Å²) in [6, 6.07) is 14.1. The van der Waals surface area contributed by atoms with Crippen LogP contribution in [-0.4, -0.2) is 6.67 Å². The Bertz CT molecular complexity index is 947. The molecule has 0 amide bonds. The molecule has 1 heterocycles. The Morgan fingerprint density at radius 3 is 1.09 bits per heavy atom. The normalized spacial score (nSPS) is 15.5. The SMILES string of the molecule is CC(C)(C)c1ccc(C(C)(C)C)c(N2C=CN(c3cc(C(C)(C)C)ccc3C(C)(C)C)C2)c1. The number of rotatable bonds is 2. The maximum Gasteiger partial charge on any atom is 0.0989 e. The Kier molecular flexibility index (Phi) is 6.33. The average Bonchev–Trinajstić information content (AvgIpc) is 3.14. The lowest BCUT2D eigenvalue weighted by Gasteiger charge is -2.33. The van der Waals surface area contributed by atoms with Gasteiger partial charge in [-0.1, -0.05) is 107 Å². The highest BCUT2D eigenvalue weighted by atomic mass is 15.3. The summed E-state index contributed by atoms with van der Waals surface area (Å²) in [4.78, 5) is 4.85. The highest BCUT2D eigenvalue weighted by Gasteiger charge is 2.29. The van der Waals surface area contributed by atoms with Gasteiger partial charge in [-0.05, 0) is 56.0 Å². The van der Waals surface area contributed by atoms with E-state index in [2.05, 4.69) is 142 Å². The highest BCUT2D eigenvalue weighted by molar-refractivity contribution is 5.68. The van der Waals surface area contributed by atoms with Crippen LogP contribution in [0.4, 0.5) is 11.4 Å². The molecule has 33 heavy (non-hydrogen) atoms. The van der Waals surface area contributed by atoms with E-state index in [9.17, 15) is 0 Å². The molecular weight excluding hydrogens is 400 g/mol. The topological polar surface area (TPSA) is 6.48 Å². The van der Waals surface area contributed by atoms with Crippen molar-refractivity contribution in [1.82, 2.24) is 0 Å². The molecule has 2 aromatic rings. The van der Waals surface area contributed by atoms with Gasteiger partial charge in [0.2, 0.25) is 0 Å². The Morgan fingerprint density at radius 2 is 0.818 bits per heavy atom. The Labute approximate surface area is 203 Å². The Morgan fingerprint density at radius 1 is 0.485 bits per heavy atom. The number of benzene rings is 2. The van der Waals surface area contributed by atoms with Crippen LogP contribution in [0.5, 0.6) is 0 Å². The smallest absolute Gasteiger partial charge is 0.0989 e. The lowest BCUT2D eigenvalue weighted by molar-refractivity contribution is 0.575. The van der Waals surface area contributed by atoms with E-state index in [4.69, 9.17) is 0 Å². The molecule has 0 radical (unpaired) electrons. The molecule has 0 fully saturated rings. The first-order valence-electron chi connectivity index (χ1n) is 12.4. The molecule has 0 N–H and O–H groups in total. The van der Waals surface area contributed by atoms with Gasteiger partial charge in [-0.25, -0.2) is 0 Å². The fraction of sp³-hybridized carbons (Fsp3) is 0.548. The summed E-state index contributed by atoms with van der Waals surface area (Å²) in [5.41, 5.74) is 8.57. The van der Waals surface area contributed by atoms with Gasteiger partial charge in [0.05, 0.1) is 6.67 Å². The van der Waals surface area contributed by atoms with Crippen LogP contribution in [-0.2, 0) is 21.7 Å². The summed E-state index contributed by atoms with van der Waals surface area (Å²) in [5, 5.41) is 0. The maximum atomic E-state index is 2.42. The summed E-state index contributed by atoms with van der Waals surface area (Å²) < 4.78 is 0. The number of hydrogen-bond donors (Lipinski definition) is 0. The lowest BCUT2D eigenvalue weighted by Crippen LogP contribution is -2.29. The van der Waals surface area contributed by atoms with Crippen LogP contribution in [0, 0.1) is 0 Å². The molecule has 0 bridgehead atoms. The quantitative estimate of drug-likeness (QED) is 0.455. The first kappa shape index (κ1) is 25.4. The van der Waals surface area contributed by atoms with Gasteiger partial charge in [-0.3, -0.25) is 0 Å². The second-order valence-electron chi connectivity index (χ2n) is 13.8. The number of anilines is 2. The lowest BCUT2D eigenvalue weighted by atomic mass is 9.80. The predicted molar refractivity (Wildman–Crippen MR) is 147 cm³/mol. The van der Waals surface area contributed by atoms with E-state index in [1.807, 2.05) is 0 Å². The van der Waals surface area contributed by atoms with E-state index in [0.29, 0.717) is 0 Å². The van der Waals surface area contributed by atoms with Gasteiger partial charge in [-0.15, -0.1) is 0 Å². The monoisotopic (exact) mass is 446 g/mol. The minimum absolute atomic E-state index is 0.0791. The van der Waals surface area contributed by atoms with Crippen molar-refractivity contribution in [3.8, 4) is 0 Å². The van der Waals surface area contributed by atoms with Crippen LogP contribution in [0.15, 0.2) is 48.8 Å². The first-order valence-corrected chi connectivity index (χ1v) is 12.4. The van der Waals surface area contributed by atoms with Crippen molar-refractivity contribution >= 4 is 11.4 Å². The van der Waals surface area contributed by atoms with Crippen LogP contribution in [0.25, 0.3) is 0 Å². The zero-order valence-electron chi connectivity index (χ0n) is 23.2. The van der Waals surface area contributed by atoms with E-state index in [1.54, 1.807) is 0 Å². The van der Waals surface area contributed by atoms with E-state index >= 15 is 0 Å². The molecule has 0 saturated heterocycles. The molecule has 0 aromatic heterocycles. The van der Waals surface area contributed by atoms with E-state index in [0.717, 1.165) is 6.67 Å². The van der Waals surface area contributed by atoms with Crippen LogP contribution in [0.1, 0.15) is 105 Å². The highest BCUT2D eigenvalue weighted by Crippen LogP contribution is 2.40. The molecule has 2 heteroatoms. The van der Waals surface area contributed by atoms with Crippen molar-refractivity contribution in [2.24, 2.45) is 0 Å². The summed E-state index contributed by atoms with van der Waals surface area (Å²) in [6.45, 7) is 28.5. The number of nitrogens with zero attached hydrogens (tertiary/aromatic N) is 2. The zero-order valence-corrected chi connectivity index (χ0v) is 23.2. The fourth-order valence-electron chi connectivity index (χ4n) is 4.47. The molecule has 2 aromatic carbocycles. The van der Waals surface area contributed by atoms with Gasteiger partial charge in [0.25, 0.3) is 0 Å². The van der Waals surface area contributed by atoms with Crippen LogP contribution in [0.2, 0.25) is 0 Å². The fourth-order valence-corrected chi connectivity index (χ4v) is 4.47. The van der Waals surface area contributed by atoms with Gasteiger partial charge in [-0.2, -0.15) is 0 Å². The van der Waals surface area contributed by atoms with Crippen molar-refractivity contribution in [3.63, 3.8) is 0 Å². The summed E-state index contributed by atoms with van der Waals surface area (Å²) in [7, 11) is 0. The van der Waals surface area contributed by atoms with Gasteiger partial charge in [0, 0.05) is 23.8 Å². The molecule has 0 aliphatic carbocycles. The first-order chi connectivity index (χ1) is 14.9. The zero-order chi connectivity index (χ0) is 25.0. The molecule has 0 atom stereocenters. The molecule has 0 unspecified atom stereocenters. The molecule has 2 nitrogen and oxygen atoms in total. The van der Waals surface area contributed by atoms with E-state index in [1.165, 1.54) is 33.6 Å². The minimum atomic E-state index is 0.0791. The van der Waals surface area contributed by atoms with Crippen molar-refractivity contribution in [1.29, 1.82) is 0 Å². The van der Waals surface area contributed by atoms with Crippen LogP contribution < -0.4 is 9.80 Å². The molecule has 3 rings (SSSR count). The third-order valence-electron chi connectivity index (χ3n) is 6.69. The second-order valence-corrected chi connectivity index (χ2v) is 13.8. The Hall–Kier alpha value is -2.22. The molecule has 180 valence electrons. The van der Waals surface area contributed by atoms with Crippen molar-refractivity contribution in [2.45, 2.75) is 105 Å². The van der Waals surface area contributed by atoms with Crippen molar-refractivity contribution in [2.75, 3.05) is 16.5 Å². The van der Waals surface area contributed by atoms with Crippen molar-refractivity contribution < 1.29 is 0 Å². The maximum absolute atomic E-state index is 2.42. The van der Waals surface area contributed by atoms with Gasteiger partial charge < -0.3 is 9.80 Å². The summed E-state index contributed by atoms with van der Waals surface area (Å²) >= 11 is 0. The van der Waals surface area contributed by atoms with Crippen LogP contribution >= 0.6 is 0 Å². The molecule has 1 aliphatic rings. The standard InChI is InChI=1S/C31H46N2/c1-28(2,3)22-13-15-24(30(7,8)9)26(19-22)32-17-18-33(21-32)27-20-23(29(4,5)6)14-16-25(27)31(10,11)12/h13-20H,21H2,1-12H3. The van der Waals surface area contributed by atoms with Gasteiger partial charge in [0.1, 0.15) is 0 Å². The molecular formula is C31H46N2. The third-order valence-corrected chi connectivity index (χ3v) is 6.69. The summed E-state index contributed by atoms with van der Waals surface area (Å²) in [6.07, 6.45) is 4.51. The van der Waals surface area contributed by atoms with E-state index in [-0.39, 0.29) is 21.7 Å². The third kappa shape index (κ3) is 5.48. The number of hydrogen-bond acceptors (Lipinski definition) is 2. The molecule has 0 spiro atoms.